The summed E-state index contributed by atoms with van der Waals surface area (Å²) in [6, 6.07) is 5.18. The molecule has 7 heteroatoms. The minimum absolute atomic E-state index is 0.289. The highest BCUT2D eigenvalue weighted by Gasteiger charge is 2.38. The van der Waals surface area contributed by atoms with Crippen LogP contribution >= 0.6 is 15.9 Å². The molecule has 0 aliphatic heterocycles. The van der Waals surface area contributed by atoms with Crippen molar-refractivity contribution in [3.05, 3.63) is 28.2 Å². The lowest BCUT2D eigenvalue weighted by Crippen LogP contribution is -2.34. The van der Waals surface area contributed by atoms with Gasteiger partial charge in [-0.3, -0.25) is 0 Å². The van der Waals surface area contributed by atoms with Crippen LogP contribution in [0.1, 0.15) is 19.4 Å². The van der Waals surface area contributed by atoms with Gasteiger partial charge in [0.15, 0.2) is 6.10 Å². The van der Waals surface area contributed by atoms with Crippen LogP contribution in [0.15, 0.2) is 22.7 Å². The van der Waals surface area contributed by atoms with E-state index < -0.39 is 18.9 Å². The lowest BCUT2D eigenvalue weighted by molar-refractivity contribution is -0.210. The highest BCUT2D eigenvalue weighted by Crippen LogP contribution is 2.25. The SMILES string of the molecule is CC(C)NCc1cc(OCC(O)C(F)(F)F)ccc1Br. The zero-order chi connectivity index (χ0) is 15.3. The Bertz CT molecular complexity index is 438. The van der Waals surface area contributed by atoms with Crippen LogP contribution in [0.4, 0.5) is 13.2 Å². The van der Waals surface area contributed by atoms with Crippen LogP contribution in [0.2, 0.25) is 0 Å². The number of alkyl halides is 3. The Morgan fingerprint density at radius 3 is 2.55 bits per heavy atom. The maximum absolute atomic E-state index is 12.2. The molecule has 3 nitrogen and oxygen atoms in total. The van der Waals surface area contributed by atoms with Gasteiger partial charge in [-0.25, -0.2) is 0 Å². The van der Waals surface area contributed by atoms with Gasteiger partial charge < -0.3 is 15.2 Å². The van der Waals surface area contributed by atoms with Crippen molar-refractivity contribution < 1.29 is 23.0 Å². The first-order chi connectivity index (χ1) is 9.20. The molecule has 0 radical (unpaired) electrons. The van der Waals surface area contributed by atoms with Crippen LogP contribution in [0, 0.1) is 0 Å². The maximum atomic E-state index is 12.2. The van der Waals surface area contributed by atoms with E-state index in [1.54, 1.807) is 18.2 Å². The molecule has 2 N–H and O–H groups in total. The van der Waals surface area contributed by atoms with E-state index in [9.17, 15) is 13.2 Å². The zero-order valence-electron chi connectivity index (χ0n) is 11.2. The lowest BCUT2D eigenvalue weighted by Gasteiger charge is -2.16. The molecule has 0 saturated heterocycles. The van der Waals surface area contributed by atoms with Crippen molar-refractivity contribution in [1.29, 1.82) is 0 Å². The molecule has 0 bridgehead atoms. The van der Waals surface area contributed by atoms with Gasteiger partial charge in [-0.15, -0.1) is 0 Å². The van der Waals surface area contributed by atoms with Crippen LogP contribution in [0.5, 0.6) is 5.75 Å². The molecule has 0 heterocycles. The van der Waals surface area contributed by atoms with E-state index in [2.05, 4.69) is 21.2 Å². The van der Waals surface area contributed by atoms with E-state index >= 15 is 0 Å². The van der Waals surface area contributed by atoms with Gasteiger partial charge >= 0.3 is 6.18 Å². The molecule has 114 valence electrons. The van der Waals surface area contributed by atoms with E-state index in [4.69, 9.17) is 9.84 Å². The number of benzene rings is 1. The highest BCUT2D eigenvalue weighted by molar-refractivity contribution is 9.10. The molecule has 0 fully saturated rings. The van der Waals surface area contributed by atoms with Crippen molar-refractivity contribution in [2.75, 3.05) is 6.61 Å². The summed E-state index contributed by atoms with van der Waals surface area (Å²) in [5.41, 5.74) is 0.873. The van der Waals surface area contributed by atoms with Crippen molar-refractivity contribution in [1.82, 2.24) is 5.32 Å². The van der Waals surface area contributed by atoms with Crippen molar-refractivity contribution in [3.8, 4) is 5.75 Å². The van der Waals surface area contributed by atoms with Gasteiger partial charge in [-0.05, 0) is 23.8 Å². The third kappa shape index (κ3) is 5.68. The van der Waals surface area contributed by atoms with Crippen LogP contribution in [-0.4, -0.2) is 30.0 Å². The van der Waals surface area contributed by atoms with E-state index in [0.29, 0.717) is 12.6 Å². The van der Waals surface area contributed by atoms with E-state index in [-0.39, 0.29) is 5.75 Å². The average Bonchev–Trinajstić information content (AvgIpc) is 2.34. The number of aliphatic hydroxyl groups is 1. The molecule has 0 spiro atoms. The molecule has 1 rings (SSSR count). The van der Waals surface area contributed by atoms with Gasteiger partial charge in [0.05, 0.1) is 0 Å². The topological polar surface area (TPSA) is 41.5 Å². The lowest BCUT2D eigenvalue weighted by atomic mass is 10.2. The minimum atomic E-state index is -4.67. The monoisotopic (exact) mass is 355 g/mol. The Morgan fingerprint density at radius 2 is 2.00 bits per heavy atom. The van der Waals surface area contributed by atoms with E-state index in [1.165, 1.54) is 0 Å². The molecule has 1 aromatic rings. The number of aliphatic hydroxyl groups excluding tert-OH is 1. The summed E-state index contributed by atoms with van der Waals surface area (Å²) in [7, 11) is 0. The second-order valence-electron chi connectivity index (χ2n) is 4.66. The molecule has 0 saturated carbocycles. The molecular weight excluding hydrogens is 339 g/mol. The van der Waals surface area contributed by atoms with Gasteiger partial charge in [-0.1, -0.05) is 29.8 Å². The molecule has 1 unspecified atom stereocenters. The van der Waals surface area contributed by atoms with Gasteiger partial charge in [0, 0.05) is 17.1 Å². The Labute approximate surface area is 124 Å². The highest BCUT2D eigenvalue weighted by atomic mass is 79.9. The quantitative estimate of drug-likeness (QED) is 0.822. The Hall–Kier alpha value is -0.790. The van der Waals surface area contributed by atoms with Crippen LogP contribution in [0.3, 0.4) is 0 Å². The maximum Gasteiger partial charge on any atom is 0.417 e. The fourth-order valence-electron chi connectivity index (χ4n) is 1.36. The largest absolute Gasteiger partial charge is 0.491 e. The second-order valence-corrected chi connectivity index (χ2v) is 5.51. The predicted molar refractivity (Wildman–Crippen MR) is 73.7 cm³/mol. The van der Waals surface area contributed by atoms with E-state index in [0.717, 1.165) is 10.0 Å². The van der Waals surface area contributed by atoms with Crippen molar-refractivity contribution in [3.63, 3.8) is 0 Å². The number of hydrogen-bond acceptors (Lipinski definition) is 3. The molecule has 0 aliphatic rings. The van der Waals surface area contributed by atoms with Gasteiger partial charge in [0.2, 0.25) is 0 Å². The molecule has 0 aromatic heterocycles. The first kappa shape index (κ1) is 17.3. The summed E-state index contributed by atoms with van der Waals surface area (Å²) in [6.45, 7) is 3.74. The molecular formula is C13H17BrF3NO2. The summed E-state index contributed by atoms with van der Waals surface area (Å²) in [6.07, 6.45) is -7.15. The Morgan fingerprint density at radius 1 is 1.35 bits per heavy atom. The van der Waals surface area contributed by atoms with Crippen LogP contribution < -0.4 is 10.1 Å². The van der Waals surface area contributed by atoms with E-state index in [1.807, 2.05) is 13.8 Å². The fourth-order valence-corrected chi connectivity index (χ4v) is 1.75. The van der Waals surface area contributed by atoms with Gasteiger partial charge in [-0.2, -0.15) is 13.2 Å². The summed E-state index contributed by atoms with van der Waals surface area (Å²) >= 11 is 3.37. The summed E-state index contributed by atoms with van der Waals surface area (Å²) in [5.74, 6) is 0.289. The number of hydrogen-bond donors (Lipinski definition) is 2. The standard InChI is InChI=1S/C13H17BrF3NO2/c1-8(2)18-6-9-5-10(3-4-11(9)14)20-7-12(19)13(15,16)17/h3-5,8,12,18-19H,6-7H2,1-2H3. The third-order valence-corrected chi connectivity index (χ3v) is 3.28. The number of ether oxygens (including phenoxy) is 1. The molecule has 0 aliphatic carbocycles. The third-order valence-electron chi connectivity index (χ3n) is 2.50. The Kier molecular flexibility index (Phi) is 6.29. The zero-order valence-corrected chi connectivity index (χ0v) is 12.8. The second kappa shape index (κ2) is 7.28. The minimum Gasteiger partial charge on any atom is -0.491 e. The van der Waals surface area contributed by atoms with Crippen molar-refractivity contribution in [2.24, 2.45) is 0 Å². The summed E-state index contributed by atoms with van der Waals surface area (Å²) in [5, 5.41) is 12.1. The van der Waals surface area contributed by atoms with Gasteiger partial charge in [0.25, 0.3) is 0 Å². The predicted octanol–water partition coefficient (Wildman–Crippen LogP) is 3.25. The average molecular weight is 356 g/mol. The molecule has 1 aromatic carbocycles. The van der Waals surface area contributed by atoms with Gasteiger partial charge in [0.1, 0.15) is 12.4 Å². The number of rotatable bonds is 6. The van der Waals surface area contributed by atoms with Crippen molar-refractivity contribution >= 4 is 15.9 Å². The fraction of sp³-hybridized carbons (Fsp3) is 0.538. The molecule has 0 amide bonds. The van der Waals surface area contributed by atoms with Crippen LogP contribution in [-0.2, 0) is 6.54 Å². The number of halogens is 4. The summed E-state index contributed by atoms with van der Waals surface area (Å²) < 4.78 is 42.3. The molecule has 1 atom stereocenters. The first-order valence-electron chi connectivity index (χ1n) is 6.09. The summed E-state index contributed by atoms with van der Waals surface area (Å²) in [4.78, 5) is 0. The first-order valence-corrected chi connectivity index (χ1v) is 6.89. The van der Waals surface area contributed by atoms with Crippen LogP contribution in [0.25, 0.3) is 0 Å². The molecule has 20 heavy (non-hydrogen) atoms. The Balaban J connectivity index is 2.65. The number of nitrogens with one attached hydrogen (secondary N) is 1. The normalized spacial score (nSPS) is 13.6. The van der Waals surface area contributed by atoms with Crippen molar-refractivity contribution in [2.45, 2.75) is 38.7 Å². The smallest absolute Gasteiger partial charge is 0.417 e.